The summed E-state index contributed by atoms with van der Waals surface area (Å²) in [6, 6.07) is 14.0. The molecule has 1 unspecified atom stereocenters. The Balaban J connectivity index is 1.66. The molecule has 1 aliphatic heterocycles. The van der Waals surface area contributed by atoms with Crippen molar-refractivity contribution in [3.05, 3.63) is 59.3 Å². The second-order valence-corrected chi connectivity index (χ2v) is 6.97. The number of carbonyl (C=O) groups excluding carboxylic acids is 1. The van der Waals surface area contributed by atoms with Crippen LogP contribution in [-0.2, 0) is 0 Å². The summed E-state index contributed by atoms with van der Waals surface area (Å²) in [5, 5.41) is 1.03. The SMILES string of the molecule is COc1ccc(C2CCCN2C(=O)c2[nH]c3ccc(OC)cc3c2C)cc1. The molecule has 27 heavy (non-hydrogen) atoms. The molecule has 1 atom stereocenters. The van der Waals surface area contributed by atoms with Crippen molar-refractivity contribution >= 4 is 16.8 Å². The van der Waals surface area contributed by atoms with Crippen molar-refractivity contribution in [2.45, 2.75) is 25.8 Å². The summed E-state index contributed by atoms with van der Waals surface area (Å²) in [6.45, 7) is 2.76. The second kappa shape index (κ2) is 6.99. The maximum atomic E-state index is 13.3. The lowest BCUT2D eigenvalue weighted by atomic mass is 10.0. The van der Waals surface area contributed by atoms with Crippen LogP contribution in [0, 0.1) is 6.92 Å². The fraction of sp³-hybridized carbons (Fsp3) is 0.318. The molecule has 140 valence electrons. The molecular weight excluding hydrogens is 340 g/mol. The van der Waals surface area contributed by atoms with Crippen LogP contribution in [0.5, 0.6) is 11.5 Å². The molecule has 1 saturated heterocycles. The first-order valence-corrected chi connectivity index (χ1v) is 9.23. The largest absolute Gasteiger partial charge is 0.497 e. The van der Waals surface area contributed by atoms with Gasteiger partial charge in [-0.25, -0.2) is 0 Å². The minimum Gasteiger partial charge on any atom is -0.497 e. The van der Waals surface area contributed by atoms with Crippen LogP contribution in [0.2, 0.25) is 0 Å². The van der Waals surface area contributed by atoms with E-state index in [4.69, 9.17) is 9.47 Å². The van der Waals surface area contributed by atoms with E-state index >= 15 is 0 Å². The standard InChI is InChI=1S/C22H24N2O3/c1-14-18-13-17(27-3)10-11-19(18)23-21(14)22(25)24-12-4-5-20(24)15-6-8-16(26-2)9-7-15/h6-11,13,20,23H,4-5,12H2,1-3H3. The molecule has 2 heterocycles. The van der Waals surface area contributed by atoms with Gasteiger partial charge in [0.15, 0.2) is 0 Å². The van der Waals surface area contributed by atoms with Gasteiger partial charge in [0.05, 0.1) is 20.3 Å². The lowest BCUT2D eigenvalue weighted by Gasteiger charge is -2.25. The summed E-state index contributed by atoms with van der Waals surface area (Å²) in [7, 11) is 3.31. The molecule has 1 amide bonds. The van der Waals surface area contributed by atoms with Gasteiger partial charge in [0.1, 0.15) is 17.2 Å². The zero-order valence-electron chi connectivity index (χ0n) is 15.9. The predicted molar refractivity (Wildman–Crippen MR) is 106 cm³/mol. The number of benzene rings is 2. The number of nitrogens with one attached hydrogen (secondary N) is 1. The monoisotopic (exact) mass is 364 g/mol. The highest BCUT2D eigenvalue weighted by Crippen LogP contribution is 2.35. The van der Waals surface area contributed by atoms with Crippen LogP contribution < -0.4 is 9.47 Å². The highest BCUT2D eigenvalue weighted by atomic mass is 16.5. The molecule has 3 aromatic rings. The minimum absolute atomic E-state index is 0.0565. The van der Waals surface area contributed by atoms with E-state index in [9.17, 15) is 4.79 Å². The van der Waals surface area contributed by atoms with Gasteiger partial charge >= 0.3 is 0 Å². The zero-order chi connectivity index (χ0) is 19.0. The Morgan fingerprint density at radius 3 is 2.48 bits per heavy atom. The molecule has 1 fully saturated rings. The van der Waals surface area contributed by atoms with E-state index < -0.39 is 0 Å². The molecule has 1 aliphatic rings. The number of hydrogen-bond donors (Lipinski definition) is 1. The quantitative estimate of drug-likeness (QED) is 0.743. The van der Waals surface area contributed by atoms with Gasteiger partial charge in [0.2, 0.25) is 0 Å². The molecule has 0 saturated carbocycles. The van der Waals surface area contributed by atoms with E-state index in [1.54, 1.807) is 14.2 Å². The van der Waals surface area contributed by atoms with E-state index in [0.29, 0.717) is 5.69 Å². The number of ether oxygens (including phenoxy) is 2. The maximum Gasteiger partial charge on any atom is 0.271 e. The third-order valence-electron chi connectivity index (χ3n) is 5.49. The van der Waals surface area contributed by atoms with Crippen molar-refractivity contribution < 1.29 is 14.3 Å². The fourth-order valence-electron chi connectivity index (χ4n) is 3.97. The molecule has 1 N–H and O–H groups in total. The summed E-state index contributed by atoms with van der Waals surface area (Å²) in [4.78, 5) is 18.6. The van der Waals surface area contributed by atoms with Crippen LogP contribution in [0.3, 0.4) is 0 Å². The van der Waals surface area contributed by atoms with Crippen molar-refractivity contribution in [3.63, 3.8) is 0 Å². The Kier molecular flexibility index (Phi) is 4.52. The number of rotatable bonds is 4. The molecule has 0 aliphatic carbocycles. The molecular formula is C22H24N2O3. The lowest BCUT2D eigenvalue weighted by molar-refractivity contribution is 0.0730. The zero-order valence-corrected chi connectivity index (χ0v) is 15.9. The van der Waals surface area contributed by atoms with E-state index in [1.165, 1.54) is 0 Å². The average Bonchev–Trinajstić information content (AvgIpc) is 3.32. The van der Waals surface area contributed by atoms with Gasteiger partial charge in [-0.2, -0.15) is 0 Å². The van der Waals surface area contributed by atoms with Gasteiger partial charge in [-0.3, -0.25) is 4.79 Å². The molecule has 0 bridgehead atoms. The third kappa shape index (κ3) is 3.03. The first-order valence-electron chi connectivity index (χ1n) is 9.23. The van der Waals surface area contributed by atoms with Crippen molar-refractivity contribution in [2.24, 2.45) is 0 Å². The first kappa shape index (κ1) is 17.5. The molecule has 0 radical (unpaired) electrons. The number of fused-ring (bicyclic) bond motifs is 1. The smallest absolute Gasteiger partial charge is 0.271 e. The number of aromatic nitrogens is 1. The molecule has 0 spiro atoms. The van der Waals surface area contributed by atoms with Crippen LogP contribution in [0.1, 0.15) is 40.5 Å². The van der Waals surface area contributed by atoms with Crippen molar-refractivity contribution in [2.75, 3.05) is 20.8 Å². The number of aryl methyl sites for hydroxylation is 1. The molecule has 2 aromatic carbocycles. The van der Waals surface area contributed by atoms with Gasteiger partial charge in [0.25, 0.3) is 5.91 Å². The van der Waals surface area contributed by atoms with Crippen LogP contribution >= 0.6 is 0 Å². The van der Waals surface area contributed by atoms with E-state index in [2.05, 4.69) is 17.1 Å². The Labute approximate surface area is 158 Å². The highest BCUT2D eigenvalue weighted by molar-refractivity contribution is 6.01. The topological polar surface area (TPSA) is 54.6 Å². The normalized spacial score (nSPS) is 16.7. The number of methoxy groups -OCH3 is 2. The Hall–Kier alpha value is -2.95. The van der Waals surface area contributed by atoms with Crippen LogP contribution in [-0.4, -0.2) is 36.6 Å². The number of aromatic amines is 1. The van der Waals surface area contributed by atoms with Crippen molar-refractivity contribution in [3.8, 4) is 11.5 Å². The van der Waals surface area contributed by atoms with Crippen molar-refractivity contribution in [1.29, 1.82) is 0 Å². The highest BCUT2D eigenvalue weighted by Gasteiger charge is 2.32. The summed E-state index contributed by atoms with van der Waals surface area (Å²) >= 11 is 0. The van der Waals surface area contributed by atoms with Crippen LogP contribution in [0.4, 0.5) is 0 Å². The summed E-state index contributed by atoms with van der Waals surface area (Å²) < 4.78 is 10.6. The first-order chi connectivity index (χ1) is 13.1. The Morgan fingerprint density at radius 1 is 1.07 bits per heavy atom. The van der Waals surface area contributed by atoms with Crippen LogP contribution in [0.25, 0.3) is 10.9 Å². The second-order valence-electron chi connectivity index (χ2n) is 6.97. The third-order valence-corrected chi connectivity index (χ3v) is 5.49. The van der Waals surface area contributed by atoms with Gasteiger partial charge in [-0.1, -0.05) is 12.1 Å². The summed E-state index contributed by atoms with van der Waals surface area (Å²) in [6.07, 6.45) is 1.99. The van der Waals surface area contributed by atoms with Gasteiger partial charge in [-0.15, -0.1) is 0 Å². The molecule has 4 rings (SSSR count). The minimum atomic E-state index is 0.0565. The van der Waals surface area contributed by atoms with E-state index in [1.807, 2.05) is 42.2 Å². The fourth-order valence-corrected chi connectivity index (χ4v) is 3.97. The van der Waals surface area contributed by atoms with Gasteiger partial charge in [0, 0.05) is 17.4 Å². The van der Waals surface area contributed by atoms with Crippen LogP contribution in [0.15, 0.2) is 42.5 Å². The van der Waals surface area contributed by atoms with E-state index in [0.717, 1.165) is 52.9 Å². The average molecular weight is 364 g/mol. The summed E-state index contributed by atoms with van der Waals surface area (Å²) in [5.74, 6) is 1.68. The maximum absolute atomic E-state index is 13.3. The molecule has 5 nitrogen and oxygen atoms in total. The molecule has 5 heteroatoms. The Bertz CT molecular complexity index is 975. The molecule has 1 aromatic heterocycles. The number of nitrogens with zero attached hydrogens (tertiary/aromatic N) is 1. The number of H-pyrrole nitrogens is 1. The van der Waals surface area contributed by atoms with Gasteiger partial charge < -0.3 is 19.4 Å². The van der Waals surface area contributed by atoms with Gasteiger partial charge in [-0.05, 0) is 61.2 Å². The number of likely N-dealkylation sites (tertiary alicyclic amines) is 1. The number of amides is 1. The van der Waals surface area contributed by atoms with Crippen molar-refractivity contribution in [1.82, 2.24) is 9.88 Å². The lowest BCUT2D eigenvalue weighted by Crippen LogP contribution is -2.31. The Morgan fingerprint density at radius 2 is 1.78 bits per heavy atom. The van der Waals surface area contributed by atoms with E-state index in [-0.39, 0.29) is 11.9 Å². The predicted octanol–water partition coefficient (Wildman–Crippen LogP) is 4.47. The number of carbonyl (C=O) groups is 1. The summed E-state index contributed by atoms with van der Waals surface area (Å²) in [5.41, 5.74) is 3.74. The number of hydrogen-bond acceptors (Lipinski definition) is 3.